The number of pyridine rings is 1. The molecule has 2 amide bonds. The van der Waals surface area contributed by atoms with Crippen LogP contribution in [0.2, 0.25) is 0 Å². The lowest BCUT2D eigenvalue weighted by Gasteiger charge is -2.29. The van der Waals surface area contributed by atoms with Crippen LogP contribution in [0.3, 0.4) is 0 Å². The predicted octanol–water partition coefficient (Wildman–Crippen LogP) is 3.65. The van der Waals surface area contributed by atoms with Crippen molar-refractivity contribution in [3.63, 3.8) is 0 Å². The molecule has 154 valence electrons. The second kappa shape index (κ2) is 8.75. The van der Waals surface area contributed by atoms with Gasteiger partial charge in [0.1, 0.15) is 0 Å². The maximum Gasteiger partial charge on any atom is 0.322 e. The Balaban J connectivity index is 1.73. The molecule has 2 aromatic rings. The van der Waals surface area contributed by atoms with Crippen LogP contribution in [0.1, 0.15) is 31.4 Å². The number of likely N-dealkylation sites (N-methyl/N-ethyl adjacent to an activating group) is 1. The quantitative estimate of drug-likeness (QED) is 0.669. The molecule has 1 aliphatic carbocycles. The topological polar surface area (TPSA) is 82.6 Å². The summed E-state index contributed by atoms with van der Waals surface area (Å²) in [6.07, 6.45) is 6.96. The van der Waals surface area contributed by atoms with Gasteiger partial charge in [-0.15, -0.1) is 6.58 Å². The van der Waals surface area contributed by atoms with Crippen molar-refractivity contribution in [2.45, 2.75) is 36.7 Å². The summed E-state index contributed by atoms with van der Waals surface area (Å²) < 4.78 is 26.2. The van der Waals surface area contributed by atoms with Gasteiger partial charge in [-0.25, -0.2) is 13.2 Å². The highest BCUT2D eigenvalue weighted by molar-refractivity contribution is 7.89. The molecule has 1 fully saturated rings. The zero-order valence-electron chi connectivity index (χ0n) is 16.7. The summed E-state index contributed by atoms with van der Waals surface area (Å²) in [6.45, 7) is 5.78. The van der Waals surface area contributed by atoms with Crippen LogP contribution in [0.4, 0.5) is 10.5 Å². The molecule has 0 bridgehead atoms. The van der Waals surface area contributed by atoms with Gasteiger partial charge in [0.2, 0.25) is 10.0 Å². The molecule has 1 aromatic heterocycles. The SMILES string of the molecule is C=CCN(C)S(=O)(=O)c1ccc(NC(=O)N(C2CC2)C(C)c2cccnc2)cc1. The zero-order valence-corrected chi connectivity index (χ0v) is 17.5. The molecule has 1 aromatic carbocycles. The van der Waals surface area contributed by atoms with Crippen LogP contribution in [-0.2, 0) is 10.0 Å². The van der Waals surface area contributed by atoms with E-state index < -0.39 is 10.0 Å². The zero-order chi connectivity index (χ0) is 21.0. The minimum Gasteiger partial charge on any atom is -0.315 e. The first-order valence-corrected chi connectivity index (χ1v) is 10.9. The Morgan fingerprint density at radius 3 is 2.55 bits per heavy atom. The number of anilines is 1. The molecular weight excluding hydrogens is 388 g/mol. The molecule has 1 N–H and O–H groups in total. The van der Waals surface area contributed by atoms with E-state index in [1.165, 1.54) is 29.6 Å². The summed E-state index contributed by atoms with van der Waals surface area (Å²) in [7, 11) is -2.08. The third-order valence-electron chi connectivity index (χ3n) is 4.96. The van der Waals surface area contributed by atoms with E-state index >= 15 is 0 Å². The number of aromatic nitrogens is 1. The Bertz CT molecular complexity index is 957. The Labute approximate surface area is 172 Å². The number of nitrogens with one attached hydrogen (secondary N) is 1. The minimum atomic E-state index is -3.58. The second-order valence-corrected chi connectivity index (χ2v) is 9.17. The number of sulfonamides is 1. The van der Waals surface area contributed by atoms with Crippen LogP contribution in [-0.4, -0.2) is 48.3 Å². The summed E-state index contributed by atoms with van der Waals surface area (Å²) in [4.78, 5) is 19.1. The molecule has 0 saturated heterocycles. The van der Waals surface area contributed by atoms with Gasteiger partial charge in [-0.1, -0.05) is 12.1 Å². The van der Waals surface area contributed by atoms with E-state index in [1.807, 2.05) is 24.0 Å². The third-order valence-corrected chi connectivity index (χ3v) is 6.80. The van der Waals surface area contributed by atoms with E-state index in [0.29, 0.717) is 5.69 Å². The van der Waals surface area contributed by atoms with Crippen molar-refractivity contribution >= 4 is 21.7 Å². The standard InChI is InChI=1S/C21H26N4O3S/c1-4-14-24(3)29(27,28)20-11-7-18(8-12-20)23-21(26)25(19-9-10-19)16(2)17-6-5-13-22-15-17/h4-8,11-13,15-16,19H,1,9-10,14H2,2-3H3,(H,23,26). The van der Waals surface area contributed by atoms with Crippen molar-refractivity contribution in [2.24, 2.45) is 0 Å². The lowest BCUT2D eigenvalue weighted by Crippen LogP contribution is -2.38. The summed E-state index contributed by atoms with van der Waals surface area (Å²) in [5, 5.41) is 2.89. The molecule has 7 nitrogen and oxygen atoms in total. The van der Waals surface area contributed by atoms with Crippen molar-refractivity contribution in [3.8, 4) is 0 Å². The smallest absolute Gasteiger partial charge is 0.315 e. The molecular formula is C21H26N4O3S. The fourth-order valence-electron chi connectivity index (χ4n) is 3.15. The van der Waals surface area contributed by atoms with Gasteiger partial charge in [0.15, 0.2) is 0 Å². The largest absolute Gasteiger partial charge is 0.322 e. The first-order chi connectivity index (χ1) is 13.8. The fourth-order valence-corrected chi connectivity index (χ4v) is 4.29. The molecule has 1 saturated carbocycles. The lowest BCUT2D eigenvalue weighted by molar-refractivity contribution is 0.189. The van der Waals surface area contributed by atoms with Crippen molar-refractivity contribution in [1.82, 2.24) is 14.2 Å². The van der Waals surface area contributed by atoms with Crippen molar-refractivity contribution in [2.75, 3.05) is 18.9 Å². The van der Waals surface area contributed by atoms with Gasteiger partial charge in [0, 0.05) is 37.7 Å². The van der Waals surface area contributed by atoms with Crippen LogP contribution in [0.5, 0.6) is 0 Å². The second-order valence-electron chi connectivity index (χ2n) is 7.13. The van der Waals surface area contributed by atoms with Crippen LogP contribution in [0, 0.1) is 0 Å². The van der Waals surface area contributed by atoms with Gasteiger partial charge in [-0.05, 0) is 55.7 Å². The van der Waals surface area contributed by atoms with E-state index in [4.69, 9.17) is 0 Å². The van der Waals surface area contributed by atoms with E-state index in [0.717, 1.165) is 18.4 Å². The Hall–Kier alpha value is -2.71. The first-order valence-electron chi connectivity index (χ1n) is 9.51. The molecule has 29 heavy (non-hydrogen) atoms. The molecule has 1 atom stereocenters. The monoisotopic (exact) mass is 414 g/mol. The third kappa shape index (κ3) is 4.83. The van der Waals surface area contributed by atoms with E-state index in [2.05, 4.69) is 16.9 Å². The van der Waals surface area contributed by atoms with E-state index in [9.17, 15) is 13.2 Å². The average Bonchev–Trinajstić information content (AvgIpc) is 3.54. The summed E-state index contributed by atoms with van der Waals surface area (Å²) in [6, 6.07) is 9.91. The maximum absolute atomic E-state index is 12.9. The molecule has 0 spiro atoms. The number of carbonyl (C=O) groups excluding carboxylic acids is 1. The highest BCUT2D eigenvalue weighted by Gasteiger charge is 2.36. The molecule has 1 unspecified atom stereocenters. The van der Waals surface area contributed by atoms with Crippen LogP contribution < -0.4 is 5.32 Å². The minimum absolute atomic E-state index is 0.108. The molecule has 3 rings (SSSR count). The Morgan fingerprint density at radius 2 is 2.00 bits per heavy atom. The number of nitrogens with zero attached hydrogens (tertiary/aromatic N) is 3. The normalized spacial score (nSPS) is 15.0. The predicted molar refractivity (Wildman–Crippen MR) is 113 cm³/mol. The lowest BCUT2D eigenvalue weighted by atomic mass is 10.1. The summed E-state index contributed by atoms with van der Waals surface area (Å²) in [5.74, 6) is 0. The Morgan fingerprint density at radius 1 is 1.31 bits per heavy atom. The number of hydrogen-bond donors (Lipinski definition) is 1. The van der Waals surface area contributed by atoms with E-state index in [-0.39, 0.29) is 29.6 Å². The molecule has 1 aliphatic rings. The van der Waals surface area contributed by atoms with Gasteiger partial charge in [-0.3, -0.25) is 4.98 Å². The van der Waals surface area contributed by atoms with Crippen molar-refractivity contribution in [1.29, 1.82) is 0 Å². The van der Waals surface area contributed by atoms with Crippen molar-refractivity contribution in [3.05, 3.63) is 67.0 Å². The number of carbonyl (C=O) groups is 1. The van der Waals surface area contributed by atoms with Crippen LogP contribution >= 0.6 is 0 Å². The number of amides is 2. The van der Waals surface area contributed by atoms with Gasteiger partial charge in [0.25, 0.3) is 0 Å². The average molecular weight is 415 g/mol. The maximum atomic E-state index is 12.9. The summed E-state index contributed by atoms with van der Waals surface area (Å²) in [5.41, 5.74) is 1.52. The Kier molecular flexibility index (Phi) is 6.34. The molecule has 1 heterocycles. The molecule has 0 aliphatic heterocycles. The van der Waals surface area contributed by atoms with Gasteiger partial charge in [0.05, 0.1) is 10.9 Å². The highest BCUT2D eigenvalue weighted by Crippen LogP contribution is 2.34. The van der Waals surface area contributed by atoms with Crippen LogP contribution in [0.25, 0.3) is 0 Å². The van der Waals surface area contributed by atoms with Gasteiger partial charge in [-0.2, -0.15) is 4.31 Å². The van der Waals surface area contributed by atoms with Crippen molar-refractivity contribution < 1.29 is 13.2 Å². The number of rotatable bonds is 8. The molecule has 8 heteroatoms. The van der Waals surface area contributed by atoms with E-state index in [1.54, 1.807) is 24.5 Å². The van der Waals surface area contributed by atoms with Gasteiger partial charge >= 0.3 is 6.03 Å². The highest BCUT2D eigenvalue weighted by atomic mass is 32.2. The summed E-state index contributed by atoms with van der Waals surface area (Å²) >= 11 is 0. The first kappa shape index (κ1) is 21.0. The number of hydrogen-bond acceptors (Lipinski definition) is 4. The number of urea groups is 1. The van der Waals surface area contributed by atoms with Crippen LogP contribution in [0.15, 0.2) is 66.3 Å². The number of benzene rings is 1. The molecule has 0 radical (unpaired) electrons. The fraction of sp³-hybridized carbons (Fsp3) is 0.333. The van der Waals surface area contributed by atoms with Gasteiger partial charge < -0.3 is 10.2 Å².